The Balaban J connectivity index is 2.05. The van der Waals surface area contributed by atoms with Gasteiger partial charge in [0.15, 0.2) is 0 Å². The maximum absolute atomic E-state index is 13.0. The number of hydrogen-bond acceptors (Lipinski definition) is 4. The van der Waals surface area contributed by atoms with Gasteiger partial charge in [-0.2, -0.15) is 0 Å². The normalized spacial score (nSPS) is 10.4. The highest BCUT2D eigenvalue weighted by molar-refractivity contribution is 5.98. The van der Waals surface area contributed by atoms with Crippen LogP contribution in [0.2, 0.25) is 0 Å². The van der Waals surface area contributed by atoms with Crippen LogP contribution in [0.3, 0.4) is 0 Å². The van der Waals surface area contributed by atoms with E-state index >= 15 is 0 Å². The van der Waals surface area contributed by atoms with E-state index in [1.165, 1.54) is 24.4 Å². The Labute approximate surface area is 122 Å². The van der Waals surface area contributed by atoms with Crippen molar-refractivity contribution in [3.63, 3.8) is 0 Å². The van der Waals surface area contributed by atoms with Gasteiger partial charge in [-0.05, 0) is 42.7 Å². The molecule has 0 radical (unpaired) electrons. The topological polar surface area (TPSA) is 94.0 Å². The maximum atomic E-state index is 13.0. The monoisotopic (exact) mass is 288 g/mol. The molecule has 21 heavy (non-hydrogen) atoms. The molecule has 2 aromatic rings. The highest BCUT2D eigenvalue weighted by Crippen LogP contribution is 2.16. The number of aromatic nitrogens is 1. The highest BCUT2D eigenvalue weighted by Gasteiger charge is 2.10. The molecule has 0 atom stereocenters. The van der Waals surface area contributed by atoms with Gasteiger partial charge in [0.1, 0.15) is 11.6 Å². The molecule has 0 aliphatic heterocycles. The molecule has 0 bridgehead atoms. The number of carbonyl (C=O) groups is 1. The summed E-state index contributed by atoms with van der Waals surface area (Å²) in [7, 11) is 0. The molecule has 2 rings (SSSR count). The zero-order valence-corrected chi connectivity index (χ0v) is 11.7. The van der Waals surface area contributed by atoms with E-state index in [-0.39, 0.29) is 11.4 Å². The second kappa shape index (κ2) is 6.21. The van der Waals surface area contributed by atoms with Crippen LogP contribution in [-0.4, -0.2) is 17.4 Å². The molecule has 1 aromatic heterocycles. The van der Waals surface area contributed by atoms with Crippen LogP contribution < -0.4 is 16.8 Å². The number of primary amides is 1. The van der Waals surface area contributed by atoms with Crippen molar-refractivity contribution < 1.29 is 9.18 Å². The zero-order valence-electron chi connectivity index (χ0n) is 11.7. The molecule has 0 spiro atoms. The summed E-state index contributed by atoms with van der Waals surface area (Å²) in [6, 6.07) is 6.16. The van der Waals surface area contributed by atoms with Crippen LogP contribution in [0.4, 0.5) is 15.9 Å². The molecule has 1 amide bonds. The first kappa shape index (κ1) is 14.8. The number of benzene rings is 1. The molecule has 110 valence electrons. The number of amides is 1. The third-order valence-corrected chi connectivity index (χ3v) is 3.17. The fraction of sp³-hybridized carbons (Fsp3) is 0.200. The van der Waals surface area contributed by atoms with Crippen molar-refractivity contribution in [2.75, 3.05) is 17.6 Å². The Hall–Kier alpha value is -2.63. The van der Waals surface area contributed by atoms with Gasteiger partial charge in [-0.15, -0.1) is 0 Å². The van der Waals surface area contributed by atoms with Crippen LogP contribution in [0.15, 0.2) is 30.5 Å². The number of nitrogens with two attached hydrogens (primary N) is 2. The molecule has 0 aliphatic carbocycles. The summed E-state index contributed by atoms with van der Waals surface area (Å²) >= 11 is 0. The van der Waals surface area contributed by atoms with E-state index in [1.54, 1.807) is 6.07 Å². The Morgan fingerprint density at radius 3 is 2.81 bits per heavy atom. The second-order valence-corrected chi connectivity index (χ2v) is 4.78. The lowest BCUT2D eigenvalue weighted by molar-refractivity contribution is 0.100. The Kier molecular flexibility index (Phi) is 4.37. The molecule has 0 saturated heterocycles. The van der Waals surface area contributed by atoms with Crippen molar-refractivity contribution in [2.45, 2.75) is 13.3 Å². The van der Waals surface area contributed by atoms with Crippen LogP contribution in [0.5, 0.6) is 0 Å². The summed E-state index contributed by atoms with van der Waals surface area (Å²) in [5.41, 5.74) is 13.4. The number of nitrogens with one attached hydrogen (secondary N) is 1. The number of carbonyl (C=O) groups excluding carboxylic acids is 1. The van der Waals surface area contributed by atoms with Gasteiger partial charge in [0.05, 0.1) is 17.4 Å². The maximum Gasteiger partial charge on any atom is 0.252 e. The SMILES string of the molecule is Cc1cc(F)ccc1CCNc1ncc(N)cc1C(N)=O. The van der Waals surface area contributed by atoms with E-state index in [2.05, 4.69) is 10.3 Å². The van der Waals surface area contributed by atoms with Gasteiger partial charge in [0.2, 0.25) is 0 Å². The summed E-state index contributed by atoms with van der Waals surface area (Å²) in [6.07, 6.45) is 2.13. The first-order valence-corrected chi connectivity index (χ1v) is 6.51. The lowest BCUT2D eigenvalue weighted by Crippen LogP contribution is -2.17. The van der Waals surface area contributed by atoms with Gasteiger partial charge < -0.3 is 16.8 Å². The lowest BCUT2D eigenvalue weighted by atomic mass is 10.1. The van der Waals surface area contributed by atoms with Gasteiger partial charge in [-0.3, -0.25) is 4.79 Å². The van der Waals surface area contributed by atoms with Crippen LogP contribution in [0.1, 0.15) is 21.5 Å². The zero-order chi connectivity index (χ0) is 15.4. The molecule has 5 nitrogen and oxygen atoms in total. The molecule has 0 unspecified atom stereocenters. The van der Waals surface area contributed by atoms with E-state index < -0.39 is 5.91 Å². The fourth-order valence-electron chi connectivity index (χ4n) is 2.06. The minimum atomic E-state index is -0.588. The average molecular weight is 288 g/mol. The van der Waals surface area contributed by atoms with Gasteiger partial charge in [0, 0.05) is 6.54 Å². The van der Waals surface area contributed by atoms with Gasteiger partial charge in [-0.25, -0.2) is 9.37 Å². The van der Waals surface area contributed by atoms with Crippen LogP contribution >= 0.6 is 0 Å². The largest absolute Gasteiger partial charge is 0.397 e. The van der Waals surface area contributed by atoms with Crippen LogP contribution in [-0.2, 0) is 6.42 Å². The number of halogens is 1. The second-order valence-electron chi connectivity index (χ2n) is 4.78. The predicted molar refractivity (Wildman–Crippen MR) is 80.5 cm³/mol. The molecule has 6 heteroatoms. The van der Waals surface area contributed by atoms with Gasteiger partial charge in [-0.1, -0.05) is 6.07 Å². The number of nitrogens with zero attached hydrogens (tertiary/aromatic N) is 1. The van der Waals surface area contributed by atoms with Gasteiger partial charge in [0.25, 0.3) is 5.91 Å². The fourth-order valence-corrected chi connectivity index (χ4v) is 2.06. The van der Waals surface area contributed by atoms with E-state index in [1.807, 2.05) is 6.92 Å². The number of nitrogen functional groups attached to an aromatic ring is 1. The first-order chi connectivity index (χ1) is 9.97. The van der Waals surface area contributed by atoms with Crippen molar-refractivity contribution in [3.05, 3.63) is 53.0 Å². The summed E-state index contributed by atoms with van der Waals surface area (Å²) in [5, 5.41) is 3.05. The van der Waals surface area contributed by atoms with Crippen molar-refractivity contribution in [2.24, 2.45) is 5.73 Å². The minimum Gasteiger partial charge on any atom is -0.397 e. The minimum absolute atomic E-state index is 0.250. The molecule has 0 aliphatic rings. The standard InChI is InChI=1S/C15H17FN4O/c1-9-6-11(16)3-2-10(9)4-5-19-15-13(14(18)21)7-12(17)8-20-15/h2-3,6-8H,4-5,17H2,1H3,(H2,18,21)(H,19,20). The number of rotatable bonds is 5. The number of pyridine rings is 1. The smallest absolute Gasteiger partial charge is 0.252 e. The Morgan fingerprint density at radius 2 is 2.14 bits per heavy atom. The van der Waals surface area contributed by atoms with Crippen LogP contribution in [0.25, 0.3) is 0 Å². The quantitative estimate of drug-likeness (QED) is 0.782. The van der Waals surface area contributed by atoms with Gasteiger partial charge >= 0.3 is 0 Å². The highest BCUT2D eigenvalue weighted by atomic mass is 19.1. The van der Waals surface area contributed by atoms with Crippen molar-refractivity contribution >= 4 is 17.4 Å². The molecule has 1 heterocycles. The first-order valence-electron chi connectivity index (χ1n) is 6.51. The van der Waals surface area contributed by atoms with Crippen molar-refractivity contribution in [1.82, 2.24) is 4.98 Å². The van der Waals surface area contributed by atoms with Crippen molar-refractivity contribution in [1.29, 1.82) is 0 Å². The molecular weight excluding hydrogens is 271 g/mol. The summed E-state index contributed by atoms with van der Waals surface area (Å²) in [4.78, 5) is 15.4. The summed E-state index contributed by atoms with van der Waals surface area (Å²) in [6.45, 7) is 2.40. The molecule has 0 fully saturated rings. The molecule has 1 aromatic carbocycles. The Morgan fingerprint density at radius 1 is 1.38 bits per heavy atom. The Bertz CT molecular complexity index is 673. The molecular formula is C15H17FN4O. The van der Waals surface area contributed by atoms with Crippen molar-refractivity contribution in [3.8, 4) is 0 Å². The third-order valence-electron chi connectivity index (χ3n) is 3.17. The average Bonchev–Trinajstić information content (AvgIpc) is 2.42. The number of anilines is 2. The number of hydrogen-bond donors (Lipinski definition) is 3. The van der Waals surface area contributed by atoms with E-state index in [9.17, 15) is 9.18 Å². The summed E-state index contributed by atoms with van der Waals surface area (Å²) < 4.78 is 13.0. The third kappa shape index (κ3) is 3.68. The summed E-state index contributed by atoms with van der Waals surface area (Å²) in [5.74, 6) is -0.438. The van der Waals surface area contributed by atoms with E-state index in [4.69, 9.17) is 11.5 Å². The van der Waals surface area contributed by atoms with E-state index in [0.717, 1.165) is 11.1 Å². The molecule has 0 saturated carbocycles. The predicted octanol–water partition coefficient (Wildman–Crippen LogP) is 1.86. The lowest BCUT2D eigenvalue weighted by Gasteiger charge is -2.11. The molecule has 5 N–H and O–H groups in total. The van der Waals surface area contributed by atoms with Crippen LogP contribution in [0, 0.1) is 12.7 Å². The van der Waals surface area contributed by atoms with E-state index in [0.29, 0.717) is 24.5 Å². The number of aryl methyl sites for hydroxylation is 1.